The lowest BCUT2D eigenvalue weighted by atomic mass is 9.91. The lowest BCUT2D eigenvalue weighted by Gasteiger charge is -2.34. The van der Waals surface area contributed by atoms with Crippen LogP contribution in [0.4, 0.5) is 5.69 Å². The van der Waals surface area contributed by atoms with Gasteiger partial charge in [0.15, 0.2) is 0 Å². The fraction of sp³-hybridized carbons (Fsp3) is 0.333. The molecule has 3 heterocycles. The van der Waals surface area contributed by atoms with Crippen LogP contribution in [0.25, 0.3) is 10.8 Å². The van der Waals surface area contributed by atoms with Crippen LogP contribution < -0.4 is 10.6 Å². The molecule has 2 aromatic carbocycles. The lowest BCUT2D eigenvalue weighted by Crippen LogP contribution is -2.42. The van der Waals surface area contributed by atoms with E-state index in [0.29, 0.717) is 0 Å². The maximum Gasteiger partial charge on any atom is 0.256 e. The number of halogens is 1. The van der Waals surface area contributed by atoms with Crippen LogP contribution in [0.15, 0.2) is 42.7 Å². The highest BCUT2D eigenvalue weighted by Crippen LogP contribution is 2.35. The van der Waals surface area contributed by atoms with Crippen molar-refractivity contribution in [1.29, 1.82) is 0 Å². The zero-order chi connectivity index (χ0) is 17.7. The second-order valence-corrected chi connectivity index (χ2v) is 7.67. The number of nitrogens with one attached hydrogen (secondary N) is 2. The molecule has 2 aliphatic rings. The summed E-state index contributed by atoms with van der Waals surface area (Å²) in [6.07, 6.45) is 7.20. The van der Waals surface area contributed by atoms with Crippen molar-refractivity contribution in [1.82, 2.24) is 15.1 Å². The van der Waals surface area contributed by atoms with Crippen molar-refractivity contribution in [2.24, 2.45) is 0 Å². The molecule has 0 saturated carbocycles. The second-order valence-electron chi connectivity index (χ2n) is 7.67. The fourth-order valence-electron chi connectivity index (χ4n) is 4.27. The Labute approximate surface area is 164 Å². The van der Waals surface area contributed by atoms with Crippen molar-refractivity contribution in [2.75, 3.05) is 18.4 Å². The lowest BCUT2D eigenvalue weighted by molar-refractivity contribution is 0.103. The molecule has 5 nitrogen and oxygen atoms in total. The first kappa shape index (κ1) is 18.0. The number of benzene rings is 2. The molecule has 6 heteroatoms. The topological polar surface area (TPSA) is 59.0 Å². The normalized spacial score (nSPS) is 17.6. The largest absolute Gasteiger partial charge is 0.321 e. The summed E-state index contributed by atoms with van der Waals surface area (Å²) in [6, 6.07) is 10.1. The van der Waals surface area contributed by atoms with Crippen molar-refractivity contribution < 1.29 is 4.79 Å². The Hall–Kier alpha value is -2.37. The maximum atomic E-state index is 12.1. The summed E-state index contributed by atoms with van der Waals surface area (Å²) >= 11 is 0. The van der Waals surface area contributed by atoms with Gasteiger partial charge in [0.05, 0.1) is 11.7 Å². The number of nitrogens with zero attached hydrogens (tertiary/aromatic N) is 2. The molecule has 0 unspecified atom stereocenters. The Morgan fingerprint density at radius 1 is 1.19 bits per heavy atom. The van der Waals surface area contributed by atoms with Crippen LogP contribution in [-0.4, -0.2) is 28.8 Å². The number of carbonyl (C=O) groups is 1. The van der Waals surface area contributed by atoms with Gasteiger partial charge in [-0.25, -0.2) is 0 Å². The molecule has 1 fully saturated rings. The molecule has 3 aromatic rings. The third kappa shape index (κ3) is 2.91. The summed E-state index contributed by atoms with van der Waals surface area (Å²) in [5, 5.41) is 13.2. The second kappa shape index (κ2) is 6.66. The average molecular weight is 383 g/mol. The van der Waals surface area contributed by atoms with Crippen molar-refractivity contribution in [2.45, 2.75) is 31.7 Å². The average Bonchev–Trinajstić information content (AvgIpc) is 3.25. The van der Waals surface area contributed by atoms with Gasteiger partial charge in [-0.1, -0.05) is 18.2 Å². The highest BCUT2D eigenvalue weighted by Gasteiger charge is 2.29. The van der Waals surface area contributed by atoms with Gasteiger partial charge in [-0.2, -0.15) is 5.10 Å². The molecule has 1 aromatic heterocycles. The number of rotatable bonds is 3. The van der Waals surface area contributed by atoms with E-state index in [1.54, 1.807) is 0 Å². The Balaban J connectivity index is 0.00000180. The Morgan fingerprint density at radius 2 is 2.00 bits per heavy atom. The van der Waals surface area contributed by atoms with Crippen LogP contribution in [0.3, 0.4) is 0 Å². The molecular weight excluding hydrogens is 360 g/mol. The number of anilines is 1. The molecule has 0 aliphatic carbocycles. The van der Waals surface area contributed by atoms with Crippen LogP contribution >= 0.6 is 12.4 Å². The number of hydrogen-bond donors (Lipinski definition) is 2. The van der Waals surface area contributed by atoms with Gasteiger partial charge in [-0.05, 0) is 61.5 Å². The monoisotopic (exact) mass is 382 g/mol. The molecule has 2 N–H and O–H groups in total. The van der Waals surface area contributed by atoms with Crippen molar-refractivity contribution in [3.63, 3.8) is 0 Å². The van der Waals surface area contributed by atoms with Crippen LogP contribution in [0.5, 0.6) is 0 Å². The molecule has 140 valence electrons. The first-order valence-corrected chi connectivity index (χ1v) is 9.25. The molecule has 2 aliphatic heterocycles. The predicted octanol–water partition coefficient (Wildman–Crippen LogP) is 3.71. The van der Waals surface area contributed by atoms with Gasteiger partial charge in [-0.3, -0.25) is 9.48 Å². The molecule has 0 radical (unpaired) electrons. The molecule has 5 rings (SSSR count). The van der Waals surface area contributed by atoms with E-state index in [4.69, 9.17) is 0 Å². The van der Waals surface area contributed by atoms with Gasteiger partial charge < -0.3 is 10.6 Å². The zero-order valence-electron chi connectivity index (χ0n) is 15.3. The van der Waals surface area contributed by atoms with Crippen molar-refractivity contribution >= 4 is 34.8 Å². The Kier molecular flexibility index (Phi) is 4.44. The van der Waals surface area contributed by atoms with E-state index in [9.17, 15) is 4.79 Å². The standard InChI is InChI=1S/C21H22N4O.ClH/c1-21(7-9-22-10-8-21)25-13-14(12-23-25)11-15-5-6-18-19-16(15)3-2-4-17(19)20(26)24-18;/h2-6,12-13,22H,7-11H2,1H3,(H,24,26);1H. The summed E-state index contributed by atoms with van der Waals surface area (Å²) in [5.41, 5.74) is 4.24. The molecule has 0 spiro atoms. The molecule has 1 amide bonds. The van der Waals surface area contributed by atoms with Gasteiger partial charge in [0.2, 0.25) is 0 Å². The van der Waals surface area contributed by atoms with Gasteiger partial charge >= 0.3 is 0 Å². The Morgan fingerprint density at radius 3 is 2.81 bits per heavy atom. The summed E-state index contributed by atoms with van der Waals surface area (Å²) in [6.45, 7) is 4.38. The molecular formula is C21H23ClN4O. The molecule has 27 heavy (non-hydrogen) atoms. The predicted molar refractivity (Wildman–Crippen MR) is 110 cm³/mol. The summed E-state index contributed by atoms with van der Waals surface area (Å²) < 4.78 is 2.15. The molecule has 0 atom stereocenters. The van der Waals surface area contributed by atoms with Crippen molar-refractivity contribution in [3.05, 3.63) is 59.4 Å². The number of carbonyl (C=O) groups excluding carboxylic acids is 1. The maximum absolute atomic E-state index is 12.1. The van der Waals surface area contributed by atoms with E-state index < -0.39 is 0 Å². The number of piperidine rings is 1. The highest BCUT2D eigenvalue weighted by molar-refractivity contribution is 6.24. The van der Waals surface area contributed by atoms with E-state index in [-0.39, 0.29) is 23.9 Å². The minimum absolute atomic E-state index is 0. The SMILES string of the molecule is CC1(n2cc(Cc3ccc4c5c(cccc35)C(=O)N4)cn2)CCNCC1.Cl. The smallest absolute Gasteiger partial charge is 0.256 e. The van der Waals surface area contributed by atoms with Crippen LogP contribution in [0, 0.1) is 0 Å². The van der Waals surface area contributed by atoms with Gasteiger partial charge in [0.1, 0.15) is 0 Å². The third-order valence-electron chi connectivity index (χ3n) is 5.89. The first-order valence-electron chi connectivity index (χ1n) is 9.25. The number of amides is 1. The quantitative estimate of drug-likeness (QED) is 0.725. The van der Waals surface area contributed by atoms with Crippen LogP contribution in [0.1, 0.15) is 41.3 Å². The van der Waals surface area contributed by atoms with E-state index >= 15 is 0 Å². The van der Waals surface area contributed by atoms with E-state index in [1.807, 2.05) is 24.4 Å². The summed E-state index contributed by atoms with van der Waals surface area (Å²) in [7, 11) is 0. The van der Waals surface area contributed by atoms with Crippen LogP contribution in [0.2, 0.25) is 0 Å². The van der Waals surface area contributed by atoms with Gasteiger partial charge in [0, 0.05) is 29.3 Å². The zero-order valence-corrected chi connectivity index (χ0v) is 16.1. The van der Waals surface area contributed by atoms with Gasteiger partial charge in [0.25, 0.3) is 5.91 Å². The van der Waals surface area contributed by atoms with E-state index in [0.717, 1.165) is 54.4 Å². The van der Waals surface area contributed by atoms with Gasteiger partial charge in [-0.15, -0.1) is 12.4 Å². The minimum Gasteiger partial charge on any atom is -0.321 e. The fourth-order valence-corrected chi connectivity index (χ4v) is 4.27. The summed E-state index contributed by atoms with van der Waals surface area (Å²) in [5.74, 6) is -0.00518. The third-order valence-corrected chi connectivity index (χ3v) is 5.89. The Bertz CT molecular complexity index is 1020. The van der Waals surface area contributed by atoms with Crippen LogP contribution in [-0.2, 0) is 12.0 Å². The first-order chi connectivity index (χ1) is 12.6. The molecule has 1 saturated heterocycles. The minimum atomic E-state index is -0.00518. The highest BCUT2D eigenvalue weighted by atomic mass is 35.5. The number of hydrogen-bond acceptors (Lipinski definition) is 3. The summed E-state index contributed by atoms with van der Waals surface area (Å²) in [4.78, 5) is 12.1. The number of aromatic nitrogens is 2. The molecule has 0 bridgehead atoms. The van der Waals surface area contributed by atoms with Crippen molar-refractivity contribution in [3.8, 4) is 0 Å². The van der Waals surface area contributed by atoms with E-state index in [2.05, 4.69) is 45.7 Å². The van der Waals surface area contributed by atoms with E-state index in [1.165, 1.54) is 11.1 Å².